The van der Waals surface area contributed by atoms with Crippen LogP contribution in [0.25, 0.3) is 0 Å². The van der Waals surface area contributed by atoms with Gasteiger partial charge in [0.15, 0.2) is 0 Å². The van der Waals surface area contributed by atoms with E-state index < -0.39 is 0 Å². The van der Waals surface area contributed by atoms with Gasteiger partial charge in [0.05, 0.1) is 17.1 Å². The van der Waals surface area contributed by atoms with E-state index in [-0.39, 0.29) is 5.91 Å². The molecule has 0 fully saturated rings. The number of benzene rings is 1. The van der Waals surface area contributed by atoms with Crippen LogP contribution in [0.1, 0.15) is 21.7 Å². The maximum Gasteiger partial charge on any atom is 0.274 e. The molecule has 2 aromatic rings. The SMILES string of the molecule is Cc1cc(N)c(NC(=O)c2cc(C)nn2C)c(Br)c1. The van der Waals surface area contributed by atoms with Crippen molar-refractivity contribution in [2.24, 2.45) is 7.05 Å². The molecule has 6 heteroatoms. The summed E-state index contributed by atoms with van der Waals surface area (Å²) >= 11 is 3.41. The fraction of sp³-hybridized carbons (Fsp3) is 0.231. The summed E-state index contributed by atoms with van der Waals surface area (Å²) in [7, 11) is 1.73. The highest BCUT2D eigenvalue weighted by Gasteiger charge is 2.15. The fourth-order valence-electron chi connectivity index (χ4n) is 1.90. The molecule has 0 aliphatic carbocycles. The molecule has 0 saturated carbocycles. The molecule has 100 valence electrons. The monoisotopic (exact) mass is 322 g/mol. The van der Waals surface area contributed by atoms with Gasteiger partial charge in [0, 0.05) is 11.5 Å². The molecule has 1 amide bonds. The maximum atomic E-state index is 12.2. The topological polar surface area (TPSA) is 72.9 Å². The molecule has 0 spiro atoms. The first kappa shape index (κ1) is 13.6. The summed E-state index contributed by atoms with van der Waals surface area (Å²) in [5.74, 6) is -0.237. The first-order valence-corrected chi connectivity index (χ1v) is 6.55. The molecule has 1 aromatic heterocycles. The number of amides is 1. The summed E-state index contributed by atoms with van der Waals surface area (Å²) in [5, 5.41) is 6.95. The Morgan fingerprint density at radius 1 is 1.37 bits per heavy atom. The maximum absolute atomic E-state index is 12.2. The third kappa shape index (κ3) is 2.78. The van der Waals surface area contributed by atoms with Crippen LogP contribution in [0.2, 0.25) is 0 Å². The average Bonchev–Trinajstić information content (AvgIpc) is 2.62. The van der Waals surface area contributed by atoms with Crippen LogP contribution in [-0.2, 0) is 7.05 Å². The van der Waals surface area contributed by atoms with Gasteiger partial charge in [0.2, 0.25) is 0 Å². The highest BCUT2D eigenvalue weighted by atomic mass is 79.9. The Labute approximate surface area is 119 Å². The van der Waals surface area contributed by atoms with Crippen LogP contribution in [0.4, 0.5) is 11.4 Å². The van der Waals surface area contributed by atoms with Crippen molar-refractivity contribution in [3.05, 3.63) is 39.6 Å². The lowest BCUT2D eigenvalue weighted by atomic mass is 10.2. The number of aromatic nitrogens is 2. The fourth-order valence-corrected chi connectivity index (χ4v) is 2.59. The van der Waals surface area contributed by atoms with Gasteiger partial charge in [-0.15, -0.1) is 0 Å². The number of rotatable bonds is 2. The van der Waals surface area contributed by atoms with Crippen molar-refractivity contribution in [1.82, 2.24) is 9.78 Å². The molecule has 0 saturated heterocycles. The number of carbonyl (C=O) groups excluding carboxylic acids is 1. The van der Waals surface area contributed by atoms with Crippen molar-refractivity contribution in [2.45, 2.75) is 13.8 Å². The van der Waals surface area contributed by atoms with E-state index >= 15 is 0 Å². The van der Waals surface area contributed by atoms with Gasteiger partial charge < -0.3 is 11.1 Å². The molecular formula is C13H15BrN4O. The third-order valence-electron chi connectivity index (χ3n) is 2.74. The van der Waals surface area contributed by atoms with E-state index in [0.29, 0.717) is 17.1 Å². The van der Waals surface area contributed by atoms with Crippen LogP contribution in [0.15, 0.2) is 22.7 Å². The molecule has 1 heterocycles. The largest absolute Gasteiger partial charge is 0.397 e. The van der Waals surface area contributed by atoms with Gasteiger partial charge in [-0.2, -0.15) is 5.10 Å². The number of hydrogen-bond donors (Lipinski definition) is 2. The molecular weight excluding hydrogens is 308 g/mol. The summed E-state index contributed by atoms with van der Waals surface area (Å²) < 4.78 is 2.31. The first-order chi connectivity index (χ1) is 8.88. The Hall–Kier alpha value is -1.82. The molecule has 0 aliphatic rings. The zero-order valence-corrected chi connectivity index (χ0v) is 12.6. The standard InChI is InChI=1S/C13H15BrN4O/c1-7-4-9(14)12(10(15)5-7)16-13(19)11-6-8(2)17-18(11)3/h4-6H,15H2,1-3H3,(H,16,19). The van der Waals surface area contributed by atoms with E-state index in [1.807, 2.05) is 26.0 Å². The van der Waals surface area contributed by atoms with Gasteiger partial charge >= 0.3 is 0 Å². The second-order valence-electron chi connectivity index (χ2n) is 4.46. The minimum absolute atomic E-state index is 0.237. The smallest absolute Gasteiger partial charge is 0.274 e. The van der Waals surface area contributed by atoms with Crippen LogP contribution >= 0.6 is 15.9 Å². The first-order valence-electron chi connectivity index (χ1n) is 5.76. The Morgan fingerprint density at radius 2 is 2.05 bits per heavy atom. The van der Waals surface area contributed by atoms with Crippen molar-refractivity contribution in [1.29, 1.82) is 0 Å². The van der Waals surface area contributed by atoms with Crippen LogP contribution < -0.4 is 11.1 Å². The number of halogens is 1. The van der Waals surface area contributed by atoms with Gasteiger partial charge in [-0.25, -0.2) is 0 Å². The molecule has 0 radical (unpaired) electrons. The molecule has 3 N–H and O–H groups in total. The summed E-state index contributed by atoms with van der Waals surface area (Å²) in [4.78, 5) is 12.2. The molecule has 2 rings (SSSR count). The average molecular weight is 323 g/mol. The number of carbonyl (C=O) groups is 1. The van der Waals surface area contributed by atoms with E-state index in [9.17, 15) is 4.79 Å². The highest BCUT2D eigenvalue weighted by molar-refractivity contribution is 9.10. The highest BCUT2D eigenvalue weighted by Crippen LogP contribution is 2.30. The predicted molar refractivity (Wildman–Crippen MR) is 79.2 cm³/mol. The zero-order chi connectivity index (χ0) is 14.2. The number of aryl methyl sites for hydroxylation is 3. The van der Waals surface area contributed by atoms with Crippen molar-refractivity contribution >= 4 is 33.2 Å². The Balaban J connectivity index is 2.32. The van der Waals surface area contributed by atoms with Crippen molar-refractivity contribution < 1.29 is 4.79 Å². The lowest BCUT2D eigenvalue weighted by Crippen LogP contribution is -2.17. The normalized spacial score (nSPS) is 10.5. The summed E-state index contributed by atoms with van der Waals surface area (Å²) in [5.41, 5.74) is 9.34. The second-order valence-corrected chi connectivity index (χ2v) is 5.31. The lowest BCUT2D eigenvalue weighted by molar-refractivity contribution is 0.101. The number of anilines is 2. The quantitative estimate of drug-likeness (QED) is 0.835. The number of nitrogens with two attached hydrogens (primary N) is 1. The third-order valence-corrected chi connectivity index (χ3v) is 3.36. The Morgan fingerprint density at radius 3 is 2.58 bits per heavy atom. The van der Waals surface area contributed by atoms with E-state index in [2.05, 4.69) is 26.3 Å². The van der Waals surface area contributed by atoms with Crippen LogP contribution in [0, 0.1) is 13.8 Å². The van der Waals surface area contributed by atoms with E-state index in [1.54, 1.807) is 17.8 Å². The lowest BCUT2D eigenvalue weighted by Gasteiger charge is -2.11. The van der Waals surface area contributed by atoms with Crippen molar-refractivity contribution in [3.63, 3.8) is 0 Å². The Bertz CT molecular complexity index is 625. The number of nitrogens with one attached hydrogen (secondary N) is 1. The van der Waals surface area contributed by atoms with Gasteiger partial charge in [-0.3, -0.25) is 9.48 Å². The van der Waals surface area contributed by atoms with Crippen molar-refractivity contribution in [2.75, 3.05) is 11.1 Å². The van der Waals surface area contributed by atoms with Crippen LogP contribution in [-0.4, -0.2) is 15.7 Å². The van der Waals surface area contributed by atoms with Gasteiger partial charge in [-0.05, 0) is 53.5 Å². The molecule has 0 unspecified atom stereocenters. The molecule has 19 heavy (non-hydrogen) atoms. The molecule has 5 nitrogen and oxygen atoms in total. The molecule has 1 aromatic carbocycles. The van der Waals surface area contributed by atoms with Gasteiger partial charge in [0.25, 0.3) is 5.91 Å². The number of nitrogen functional groups attached to an aromatic ring is 1. The zero-order valence-electron chi connectivity index (χ0n) is 11.0. The minimum atomic E-state index is -0.237. The van der Waals surface area contributed by atoms with Gasteiger partial charge in [-0.1, -0.05) is 0 Å². The molecule has 0 bridgehead atoms. The van der Waals surface area contributed by atoms with Crippen LogP contribution in [0.5, 0.6) is 0 Å². The predicted octanol–water partition coefficient (Wildman–Crippen LogP) is 2.63. The minimum Gasteiger partial charge on any atom is -0.397 e. The molecule has 0 aliphatic heterocycles. The van der Waals surface area contributed by atoms with Gasteiger partial charge in [0.1, 0.15) is 5.69 Å². The number of nitrogens with zero attached hydrogens (tertiary/aromatic N) is 2. The van der Waals surface area contributed by atoms with Crippen LogP contribution in [0.3, 0.4) is 0 Å². The molecule has 0 atom stereocenters. The second kappa shape index (κ2) is 5.05. The summed E-state index contributed by atoms with van der Waals surface area (Å²) in [6.45, 7) is 3.78. The van der Waals surface area contributed by atoms with E-state index in [1.165, 1.54) is 0 Å². The van der Waals surface area contributed by atoms with E-state index in [0.717, 1.165) is 15.7 Å². The summed E-state index contributed by atoms with van der Waals surface area (Å²) in [6, 6.07) is 5.45. The van der Waals surface area contributed by atoms with E-state index in [4.69, 9.17) is 5.73 Å². The number of hydrogen-bond acceptors (Lipinski definition) is 3. The summed E-state index contributed by atoms with van der Waals surface area (Å²) in [6.07, 6.45) is 0. The Kier molecular flexibility index (Phi) is 3.61. The van der Waals surface area contributed by atoms with Crippen molar-refractivity contribution in [3.8, 4) is 0 Å².